The number of imidazole rings is 1. The summed E-state index contributed by atoms with van der Waals surface area (Å²) >= 11 is 0. The van der Waals surface area contributed by atoms with Gasteiger partial charge in [0.25, 0.3) is 6.43 Å². The number of aliphatic hydroxyl groups excluding tert-OH is 1. The topological polar surface area (TPSA) is 70.9 Å². The van der Waals surface area contributed by atoms with Crippen LogP contribution in [0.25, 0.3) is 11.2 Å². The van der Waals surface area contributed by atoms with E-state index in [9.17, 15) is 13.6 Å². The van der Waals surface area contributed by atoms with Crippen molar-refractivity contribution in [1.29, 1.82) is 0 Å². The lowest BCUT2D eigenvalue weighted by Gasteiger charge is -2.04. The van der Waals surface area contributed by atoms with Crippen molar-refractivity contribution in [1.82, 2.24) is 14.5 Å². The molecule has 5 nitrogen and oxygen atoms in total. The van der Waals surface area contributed by atoms with Gasteiger partial charge in [0, 0.05) is 12.6 Å². The largest absolute Gasteiger partial charge is 0.395 e. The highest BCUT2D eigenvalue weighted by molar-refractivity contribution is 5.75. The lowest BCUT2D eigenvalue weighted by Crippen LogP contribution is -2.11. The number of nitrogens with zero attached hydrogens (tertiary/aromatic N) is 2. The predicted octanol–water partition coefficient (Wildman–Crippen LogP) is 0.963. The molecule has 0 amide bonds. The van der Waals surface area contributed by atoms with Crippen LogP contribution in [0.15, 0.2) is 10.9 Å². The molecule has 2 aromatic rings. The molecule has 2 aromatic heterocycles. The molecule has 0 saturated heterocycles. The van der Waals surface area contributed by atoms with E-state index in [0.717, 1.165) is 6.07 Å². The first-order chi connectivity index (χ1) is 8.04. The fraction of sp³-hybridized carbons (Fsp3) is 0.400. The minimum absolute atomic E-state index is 0.0746. The van der Waals surface area contributed by atoms with E-state index in [1.165, 1.54) is 4.57 Å². The number of rotatable bonds is 3. The number of aryl methyl sites for hydroxylation is 1. The Kier molecular flexibility index (Phi) is 2.93. The number of nitrogens with one attached hydrogen (secondary N) is 1. The van der Waals surface area contributed by atoms with Crippen molar-refractivity contribution in [3.05, 3.63) is 27.8 Å². The zero-order chi connectivity index (χ0) is 12.6. The third-order valence-electron chi connectivity index (χ3n) is 2.52. The van der Waals surface area contributed by atoms with Gasteiger partial charge in [0.1, 0.15) is 17.0 Å². The number of aromatic amines is 1. The van der Waals surface area contributed by atoms with Gasteiger partial charge in [-0.2, -0.15) is 0 Å². The van der Waals surface area contributed by atoms with Crippen molar-refractivity contribution in [2.75, 3.05) is 6.61 Å². The molecule has 0 aliphatic heterocycles. The summed E-state index contributed by atoms with van der Waals surface area (Å²) in [6.07, 6.45) is -2.75. The van der Waals surface area contributed by atoms with Crippen molar-refractivity contribution in [3.63, 3.8) is 0 Å². The van der Waals surface area contributed by atoms with E-state index >= 15 is 0 Å². The number of aliphatic hydroxyl groups is 1. The highest BCUT2D eigenvalue weighted by atomic mass is 19.3. The summed E-state index contributed by atoms with van der Waals surface area (Å²) in [5.74, 6) is 0.470. The first kappa shape index (κ1) is 11.7. The second kappa shape index (κ2) is 4.25. The van der Waals surface area contributed by atoms with Crippen LogP contribution in [0, 0.1) is 6.92 Å². The minimum Gasteiger partial charge on any atom is -0.395 e. The second-order valence-corrected chi connectivity index (χ2v) is 3.62. The monoisotopic (exact) mass is 243 g/mol. The van der Waals surface area contributed by atoms with Crippen molar-refractivity contribution in [2.24, 2.45) is 0 Å². The molecule has 2 rings (SSSR count). The Morgan fingerprint density at radius 2 is 2.29 bits per heavy atom. The summed E-state index contributed by atoms with van der Waals surface area (Å²) in [6.45, 7) is 1.67. The predicted molar refractivity (Wildman–Crippen MR) is 57.1 cm³/mol. The smallest absolute Gasteiger partial charge is 0.266 e. The number of pyridine rings is 1. The molecule has 0 aromatic carbocycles. The van der Waals surface area contributed by atoms with E-state index in [1.807, 2.05) is 0 Å². The van der Waals surface area contributed by atoms with Crippen LogP contribution in [0.1, 0.15) is 17.8 Å². The highest BCUT2D eigenvalue weighted by Crippen LogP contribution is 2.25. The summed E-state index contributed by atoms with van der Waals surface area (Å²) in [5, 5.41) is 8.88. The molecule has 0 aliphatic rings. The molecule has 0 atom stereocenters. The summed E-state index contributed by atoms with van der Waals surface area (Å²) in [5.41, 5.74) is -0.694. The summed E-state index contributed by atoms with van der Waals surface area (Å²) in [6, 6.07) is 0.850. The number of hydrogen-bond acceptors (Lipinski definition) is 3. The van der Waals surface area contributed by atoms with Crippen molar-refractivity contribution in [3.8, 4) is 0 Å². The molecular formula is C10H11F2N3O2. The first-order valence-corrected chi connectivity index (χ1v) is 5.03. The van der Waals surface area contributed by atoms with E-state index in [2.05, 4.69) is 9.97 Å². The molecule has 92 valence electrons. The molecule has 7 heteroatoms. The van der Waals surface area contributed by atoms with Gasteiger partial charge in [0.2, 0.25) is 5.56 Å². The van der Waals surface area contributed by atoms with E-state index < -0.39 is 12.0 Å². The van der Waals surface area contributed by atoms with Gasteiger partial charge < -0.3 is 14.7 Å². The molecule has 0 radical (unpaired) electrons. The van der Waals surface area contributed by atoms with E-state index in [0.29, 0.717) is 5.82 Å². The van der Waals surface area contributed by atoms with Crippen LogP contribution in [0.3, 0.4) is 0 Å². The Hall–Kier alpha value is -1.76. The lowest BCUT2D eigenvalue weighted by atomic mass is 10.2. The molecule has 0 unspecified atom stereocenters. The molecule has 0 bridgehead atoms. The maximum Gasteiger partial charge on any atom is 0.266 e. The molecule has 17 heavy (non-hydrogen) atoms. The number of alkyl halides is 2. The molecule has 0 fully saturated rings. The number of fused-ring (bicyclic) bond motifs is 1. The fourth-order valence-electron chi connectivity index (χ4n) is 1.80. The SMILES string of the molecule is Cc1nc2c(C(F)F)cc(=O)[nH]c2n1CCO. The maximum absolute atomic E-state index is 12.8. The normalized spacial score (nSPS) is 11.6. The number of aromatic nitrogens is 3. The fourth-order valence-corrected chi connectivity index (χ4v) is 1.80. The van der Waals surface area contributed by atoms with Gasteiger partial charge in [0.05, 0.1) is 12.2 Å². The van der Waals surface area contributed by atoms with Crippen LogP contribution in [0.5, 0.6) is 0 Å². The Morgan fingerprint density at radius 3 is 2.88 bits per heavy atom. The van der Waals surface area contributed by atoms with E-state index in [-0.39, 0.29) is 29.9 Å². The van der Waals surface area contributed by atoms with Crippen LogP contribution >= 0.6 is 0 Å². The molecular weight excluding hydrogens is 232 g/mol. The lowest BCUT2D eigenvalue weighted by molar-refractivity contribution is 0.152. The van der Waals surface area contributed by atoms with Gasteiger partial charge in [-0.25, -0.2) is 13.8 Å². The molecule has 2 heterocycles. The van der Waals surface area contributed by atoms with Crippen LogP contribution in [0.2, 0.25) is 0 Å². The third kappa shape index (κ3) is 1.93. The second-order valence-electron chi connectivity index (χ2n) is 3.62. The Balaban J connectivity index is 2.79. The average Bonchev–Trinajstić information content (AvgIpc) is 2.55. The zero-order valence-electron chi connectivity index (χ0n) is 9.07. The van der Waals surface area contributed by atoms with Gasteiger partial charge in [-0.1, -0.05) is 0 Å². The van der Waals surface area contributed by atoms with Gasteiger partial charge in [-0.05, 0) is 6.92 Å². The van der Waals surface area contributed by atoms with Gasteiger partial charge in [-0.3, -0.25) is 4.79 Å². The van der Waals surface area contributed by atoms with Crippen molar-refractivity contribution >= 4 is 11.2 Å². The van der Waals surface area contributed by atoms with Crippen LogP contribution in [0.4, 0.5) is 8.78 Å². The van der Waals surface area contributed by atoms with Gasteiger partial charge >= 0.3 is 0 Å². The Morgan fingerprint density at radius 1 is 1.59 bits per heavy atom. The van der Waals surface area contributed by atoms with Gasteiger partial charge in [0.15, 0.2) is 0 Å². The molecule has 2 N–H and O–H groups in total. The van der Waals surface area contributed by atoms with Crippen LogP contribution in [-0.2, 0) is 6.54 Å². The van der Waals surface area contributed by atoms with Crippen molar-refractivity contribution in [2.45, 2.75) is 19.9 Å². The maximum atomic E-state index is 12.8. The quantitative estimate of drug-likeness (QED) is 0.843. The third-order valence-corrected chi connectivity index (χ3v) is 2.52. The highest BCUT2D eigenvalue weighted by Gasteiger charge is 2.18. The number of halogens is 2. The first-order valence-electron chi connectivity index (χ1n) is 5.03. The Bertz CT molecular complexity index is 603. The summed E-state index contributed by atoms with van der Waals surface area (Å²) < 4.78 is 27.0. The molecule has 0 saturated carbocycles. The Labute approximate surface area is 94.7 Å². The van der Waals surface area contributed by atoms with E-state index in [1.54, 1.807) is 6.92 Å². The number of hydrogen-bond donors (Lipinski definition) is 2. The molecule has 0 spiro atoms. The van der Waals surface area contributed by atoms with E-state index in [4.69, 9.17) is 5.11 Å². The minimum atomic E-state index is -2.75. The van der Waals surface area contributed by atoms with Crippen LogP contribution in [-0.4, -0.2) is 26.2 Å². The van der Waals surface area contributed by atoms with Gasteiger partial charge in [-0.15, -0.1) is 0 Å². The summed E-state index contributed by atoms with van der Waals surface area (Å²) in [4.78, 5) is 17.7. The number of H-pyrrole nitrogens is 1. The molecule has 0 aliphatic carbocycles. The van der Waals surface area contributed by atoms with Crippen LogP contribution < -0.4 is 5.56 Å². The zero-order valence-corrected chi connectivity index (χ0v) is 9.07. The average molecular weight is 243 g/mol. The summed E-state index contributed by atoms with van der Waals surface area (Å²) in [7, 11) is 0. The standard InChI is InChI=1S/C10H11F2N3O2/c1-5-13-8-6(9(11)12)4-7(17)14-10(8)15(5)2-3-16/h4,9,16H,2-3H2,1H3,(H,14,17). The van der Waals surface area contributed by atoms with Crippen molar-refractivity contribution < 1.29 is 13.9 Å².